The summed E-state index contributed by atoms with van der Waals surface area (Å²) >= 11 is 0. The lowest BCUT2D eigenvalue weighted by Gasteiger charge is -2.34. The number of rotatable bonds is 6. The molecular formula is C19H26N6O2. The Morgan fingerprint density at radius 1 is 1.15 bits per heavy atom. The number of pyridine rings is 1. The van der Waals surface area contributed by atoms with Crippen molar-refractivity contribution in [2.45, 2.75) is 20.3 Å². The zero-order valence-corrected chi connectivity index (χ0v) is 15.9. The molecule has 0 saturated carbocycles. The van der Waals surface area contributed by atoms with Gasteiger partial charge >= 0.3 is 0 Å². The summed E-state index contributed by atoms with van der Waals surface area (Å²) in [6.07, 6.45) is 4.04. The van der Waals surface area contributed by atoms with Crippen molar-refractivity contribution in [3.05, 3.63) is 41.9 Å². The topological polar surface area (TPSA) is 83.4 Å². The molecule has 1 aliphatic rings. The number of amides is 2. The lowest BCUT2D eigenvalue weighted by atomic mass is 10.1. The Hall–Kier alpha value is -2.74. The highest BCUT2D eigenvalue weighted by Crippen LogP contribution is 2.17. The van der Waals surface area contributed by atoms with Gasteiger partial charge in [0.15, 0.2) is 5.82 Å². The van der Waals surface area contributed by atoms with Crippen LogP contribution in [-0.2, 0) is 11.2 Å². The van der Waals surface area contributed by atoms with Crippen LogP contribution in [0.15, 0.2) is 30.6 Å². The molecule has 1 fully saturated rings. The highest BCUT2D eigenvalue weighted by Gasteiger charge is 2.26. The second kappa shape index (κ2) is 8.77. The predicted octanol–water partition coefficient (Wildman–Crippen LogP) is 0.724. The van der Waals surface area contributed by atoms with Crippen LogP contribution in [0.5, 0.6) is 0 Å². The first-order chi connectivity index (χ1) is 13.1. The van der Waals surface area contributed by atoms with E-state index in [0.717, 1.165) is 5.69 Å². The molecule has 2 amide bonds. The number of nitrogens with zero attached hydrogens (tertiary/aromatic N) is 5. The van der Waals surface area contributed by atoms with Crippen molar-refractivity contribution >= 4 is 11.8 Å². The Balaban J connectivity index is 1.67. The van der Waals surface area contributed by atoms with Gasteiger partial charge in [0, 0.05) is 38.9 Å². The van der Waals surface area contributed by atoms with Gasteiger partial charge in [0.2, 0.25) is 5.91 Å². The number of hydrogen-bond acceptors (Lipinski definition) is 5. The smallest absolute Gasteiger partial charge is 0.257 e. The second-order valence-electron chi connectivity index (χ2n) is 6.48. The van der Waals surface area contributed by atoms with E-state index in [1.165, 1.54) is 0 Å². The Morgan fingerprint density at radius 3 is 2.56 bits per heavy atom. The van der Waals surface area contributed by atoms with E-state index < -0.39 is 0 Å². The van der Waals surface area contributed by atoms with Crippen LogP contribution >= 0.6 is 0 Å². The molecule has 0 bridgehead atoms. The van der Waals surface area contributed by atoms with Gasteiger partial charge in [0.25, 0.3) is 5.91 Å². The summed E-state index contributed by atoms with van der Waals surface area (Å²) in [5.74, 6) is 0.731. The molecule has 0 spiro atoms. The molecule has 0 aliphatic carbocycles. The minimum absolute atomic E-state index is 0.00769. The Kier molecular flexibility index (Phi) is 6.18. The number of likely N-dealkylation sites (N-methyl/N-ethyl adjacent to an activating group) is 1. The summed E-state index contributed by atoms with van der Waals surface area (Å²) in [7, 11) is 0. The fraction of sp³-hybridized carbons (Fsp3) is 0.474. The van der Waals surface area contributed by atoms with Gasteiger partial charge in [-0.3, -0.25) is 14.5 Å². The minimum atomic E-state index is -0.00769. The van der Waals surface area contributed by atoms with Crippen molar-refractivity contribution in [1.82, 2.24) is 29.9 Å². The maximum Gasteiger partial charge on any atom is 0.257 e. The van der Waals surface area contributed by atoms with Crippen LogP contribution in [0.2, 0.25) is 0 Å². The lowest BCUT2D eigenvalue weighted by Crippen LogP contribution is -2.51. The van der Waals surface area contributed by atoms with Gasteiger partial charge in [-0.2, -0.15) is 5.10 Å². The Morgan fingerprint density at radius 2 is 1.93 bits per heavy atom. The van der Waals surface area contributed by atoms with Crippen LogP contribution < -0.4 is 5.32 Å². The lowest BCUT2D eigenvalue weighted by molar-refractivity contribution is -0.122. The molecule has 0 unspecified atom stereocenters. The summed E-state index contributed by atoms with van der Waals surface area (Å²) in [5.41, 5.74) is 1.49. The third-order valence-corrected chi connectivity index (χ3v) is 4.70. The standard InChI is InChI=1S/C19H26N6O2/c1-3-16-15(13-22-25(16)17-7-5-6-8-21-17)19(27)24-11-9-23(10-12-24)14-18(26)20-4-2/h5-8,13H,3-4,9-12,14H2,1-2H3,(H,20,26). The Labute approximate surface area is 159 Å². The van der Waals surface area contributed by atoms with E-state index in [1.54, 1.807) is 17.1 Å². The van der Waals surface area contributed by atoms with Crippen molar-refractivity contribution < 1.29 is 9.59 Å². The van der Waals surface area contributed by atoms with Crippen LogP contribution in [0.1, 0.15) is 29.9 Å². The van der Waals surface area contributed by atoms with Crippen molar-refractivity contribution in [2.24, 2.45) is 0 Å². The van der Waals surface area contributed by atoms with Gasteiger partial charge < -0.3 is 10.2 Å². The average Bonchev–Trinajstić information content (AvgIpc) is 3.13. The SMILES string of the molecule is CCNC(=O)CN1CCN(C(=O)c2cnn(-c3ccccn3)c2CC)CC1. The van der Waals surface area contributed by atoms with E-state index in [-0.39, 0.29) is 11.8 Å². The Bertz CT molecular complexity index is 781. The normalized spacial score (nSPS) is 15.0. The zero-order chi connectivity index (χ0) is 19.2. The molecule has 0 radical (unpaired) electrons. The molecular weight excluding hydrogens is 344 g/mol. The zero-order valence-electron chi connectivity index (χ0n) is 15.9. The van der Waals surface area contributed by atoms with Crippen LogP contribution in [0.4, 0.5) is 0 Å². The van der Waals surface area contributed by atoms with Crippen LogP contribution in [0.3, 0.4) is 0 Å². The predicted molar refractivity (Wildman–Crippen MR) is 102 cm³/mol. The van der Waals surface area contributed by atoms with Gasteiger partial charge in [0.1, 0.15) is 0 Å². The third-order valence-electron chi connectivity index (χ3n) is 4.70. The molecule has 3 heterocycles. The molecule has 8 nitrogen and oxygen atoms in total. The van der Waals surface area contributed by atoms with E-state index in [9.17, 15) is 9.59 Å². The maximum absolute atomic E-state index is 13.0. The van der Waals surface area contributed by atoms with E-state index in [0.29, 0.717) is 57.1 Å². The number of nitrogens with one attached hydrogen (secondary N) is 1. The van der Waals surface area contributed by atoms with E-state index in [4.69, 9.17) is 0 Å². The molecule has 27 heavy (non-hydrogen) atoms. The van der Waals surface area contributed by atoms with Gasteiger partial charge in [-0.15, -0.1) is 0 Å². The first kappa shape index (κ1) is 19.0. The number of piperazine rings is 1. The quantitative estimate of drug-likeness (QED) is 0.810. The van der Waals surface area contributed by atoms with Crippen LogP contribution in [-0.4, -0.2) is 75.6 Å². The summed E-state index contributed by atoms with van der Waals surface area (Å²) in [6.45, 7) is 7.54. The fourth-order valence-electron chi connectivity index (χ4n) is 3.30. The molecule has 1 saturated heterocycles. The molecule has 8 heteroatoms. The molecule has 1 aliphatic heterocycles. The molecule has 144 valence electrons. The molecule has 0 aromatic carbocycles. The first-order valence-corrected chi connectivity index (χ1v) is 9.40. The van der Waals surface area contributed by atoms with E-state index in [2.05, 4.69) is 20.3 Å². The molecule has 0 atom stereocenters. The van der Waals surface area contributed by atoms with Crippen molar-refractivity contribution in [3.63, 3.8) is 0 Å². The molecule has 1 N–H and O–H groups in total. The second-order valence-corrected chi connectivity index (χ2v) is 6.48. The van der Waals surface area contributed by atoms with Crippen molar-refractivity contribution in [1.29, 1.82) is 0 Å². The molecule has 2 aromatic rings. The van der Waals surface area contributed by atoms with Crippen molar-refractivity contribution in [3.8, 4) is 5.82 Å². The number of carbonyl (C=O) groups excluding carboxylic acids is 2. The number of carbonyl (C=O) groups is 2. The number of hydrogen-bond donors (Lipinski definition) is 1. The van der Waals surface area contributed by atoms with Gasteiger partial charge in [-0.05, 0) is 25.5 Å². The van der Waals surface area contributed by atoms with Gasteiger partial charge in [0.05, 0.1) is 24.0 Å². The van der Waals surface area contributed by atoms with Gasteiger partial charge in [-0.25, -0.2) is 9.67 Å². The van der Waals surface area contributed by atoms with E-state index >= 15 is 0 Å². The third kappa shape index (κ3) is 4.33. The highest BCUT2D eigenvalue weighted by molar-refractivity contribution is 5.95. The van der Waals surface area contributed by atoms with Crippen LogP contribution in [0.25, 0.3) is 5.82 Å². The minimum Gasteiger partial charge on any atom is -0.355 e. The molecule has 3 rings (SSSR count). The fourth-order valence-corrected chi connectivity index (χ4v) is 3.30. The van der Waals surface area contributed by atoms with Gasteiger partial charge in [-0.1, -0.05) is 13.0 Å². The first-order valence-electron chi connectivity index (χ1n) is 9.40. The maximum atomic E-state index is 13.0. The largest absolute Gasteiger partial charge is 0.355 e. The summed E-state index contributed by atoms with van der Waals surface area (Å²) < 4.78 is 1.73. The summed E-state index contributed by atoms with van der Waals surface area (Å²) in [4.78, 5) is 33.0. The monoisotopic (exact) mass is 370 g/mol. The van der Waals surface area contributed by atoms with Crippen molar-refractivity contribution in [2.75, 3.05) is 39.3 Å². The highest BCUT2D eigenvalue weighted by atomic mass is 16.2. The van der Waals surface area contributed by atoms with Crippen LogP contribution in [0, 0.1) is 0 Å². The average molecular weight is 370 g/mol. The number of aromatic nitrogens is 3. The van der Waals surface area contributed by atoms with E-state index in [1.807, 2.05) is 36.9 Å². The summed E-state index contributed by atoms with van der Waals surface area (Å²) in [5, 5.41) is 7.20. The molecule has 2 aromatic heterocycles. The summed E-state index contributed by atoms with van der Waals surface area (Å²) in [6, 6.07) is 5.63.